The third-order valence-electron chi connectivity index (χ3n) is 3.91. The largest absolute Gasteiger partial charge is 0.460 e. The maximum atomic E-state index is 12.6. The molecule has 2 amide bonds. The zero-order valence-corrected chi connectivity index (χ0v) is 14.2. The van der Waals surface area contributed by atoms with Crippen LogP contribution in [0.2, 0.25) is 0 Å². The predicted molar refractivity (Wildman–Crippen MR) is 88.9 cm³/mol. The van der Waals surface area contributed by atoms with Crippen molar-refractivity contribution in [2.24, 2.45) is 0 Å². The van der Waals surface area contributed by atoms with E-state index in [9.17, 15) is 39.9 Å². The summed E-state index contributed by atoms with van der Waals surface area (Å²) in [5.74, 6) is -1.54. The van der Waals surface area contributed by atoms with E-state index < -0.39 is 55.3 Å². The first-order chi connectivity index (χ1) is 13.2. The molecule has 148 valence electrons. The van der Waals surface area contributed by atoms with Crippen molar-refractivity contribution in [3.63, 3.8) is 0 Å². The molecule has 1 aliphatic heterocycles. The number of nitro groups is 3. The smallest absolute Gasteiger partial charge is 0.394 e. The number of amides is 2. The quantitative estimate of drug-likeness (QED) is 0.394. The molecular weight excluding hydrogens is 382 g/mol. The molecule has 0 saturated carbocycles. The molecule has 1 fully saturated rings. The molecule has 0 aromatic heterocycles. The molecule has 1 aromatic rings. The molecule has 2 unspecified atom stereocenters. The summed E-state index contributed by atoms with van der Waals surface area (Å²) < 4.78 is 4.74. The Morgan fingerprint density at radius 2 is 1.89 bits per heavy atom. The van der Waals surface area contributed by atoms with E-state index in [1.54, 1.807) is 0 Å². The fourth-order valence-electron chi connectivity index (χ4n) is 2.83. The van der Waals surface area contributed by atoms with Crippen LogP contribution in [0.3, 0.4) is 0 Å². The fourth-order valence-corrected chi connectivity index (χ4v) is 2.83. The fraction of sp³-hybridized carbons (Fsp3) is 0.286. The molecular formula is C14H13N5O9. The van der Waals surface area contributed by atoms with Gasteiger partial charge in [0, 0.05) is 11.0 Å². The minimum Gasteiger partial charge on any atom is -0.460 e. The zero-order chi connectivity index (χ0) is 21.1. The van der Waals surface area contributed by atoms with Crippen LogP contribution in [0.1, 0.15) is 18.5 Å². The van der Waals surface area contributed by atoms with Crippen molar-refractivity contribution in [1.82, 2.24) is 10.6 Å². The van der Waals surface area contributed by atoms with E-state index in [1.807, 2.05) is 5.32 Å². The molecule has 14 nitrogen and oxygen atoms in total. The Kier molecular flexibility index (Phi) is 5.52. The average molecular weight is 395 g/mol. The predicted octanol–water partition coefficient (Wildman–Crippen LogP) is 0.645. The van der Waals surface area contributed by atoms with Gasteiger partial charge in [-0.05, 0) is 13.0 Å². The number of carbonyl (C=O) groups is 2. The highest BCUT2D eigenvalue weighted by Crippen LogP contribution is 2.41. The summed E-state index contributed by atoms with van der Waals surface area (Å²) in [6, 6.07) is 1.59. The Labute approximate surface area is 155 Å². The van der Waals surface area contributed by atoms with Crippen molar-refractivity contribution < 1.29 is 29.1 Å². The number of hydrogen-bond acceptors (Lipinski definition) is 9. The maximum Gasteiger partial charge on any atom is 0.394 e. The van der Waals surface area contributed by atoms with Crippen molar-refractivity contribution in [3.05, 3.63) is 72.1 Å². The first-order valence-electron chi connectivity index (χ1n) is 7.64. The van der Waals surface area contributed by atoms with E-state index in [1.165, 1.54) is 19.1 Å². The summed E-state index contributed by atoms with van der Waals surface area (Å²) in [5, 5.41) is 38.3. The minimum absolute atomic E-state index is 0.0836. The summed E-state index contributed by atoms with van der Waals surface area (Å²) in [6.45, 7) is 1.02. The average Bonchev–Trinajstić information content (AvgIpc) is 2.60. The van der Waals surface area contributed by atoms with Gasteiger partial charge in [-0.15, -0.1) is 0 Å². The number of ether oxygens (including phenoxy) is 1. The van der Waals surface area contributed by atoms with Gasteiger partial charge in [-0.25, -0.2) is 9.59 Å². The van der Waals surface area contributed by atoms with Gasteiger partial charge in [0.25, 0.3) is 11.9 Å². The minimum atomic E-state index is -3.05. The van der Waals surface area contributed by atoms with E-state index in [2.05, 4.69) is 5.32 Å². The van der Waals surface area contributed by atoms with E-state index in [0.29, 0.717) is 0 Å². The number of benzene rings is 1. The lowest BCUT2D eigenvalue weighted by Crippen LogP contribution is -2.67. The number of carbonyl (C=O) groups excluding carboxylic acids is 2. The third kappa shape index (κ3) is 3.29. The SMILES string of the molecule is CCOC(=O)C1([N+](=O)[O-])/C(=C/[N+](=O)[O-])NC(=O)NC1c1ccccc1[N+](=O)[O-]. The van der Waals surface area contributed by atoms with Crippen LogP contribution in [0.5, 0.6) is 0 Å². The molecule has 0 bridgehead atoms. The molecule has 2 atom stereocenters. The molecule has 1 saturated heterocycles. The molecule has 28 heavy (non-hydrogen) atoms. The Balaban J connectivity index is 2.88. The van der Waals surface area contributed by atoms with E-state index >= 15 is 0 Å². The van der Waals surface area contributed by atoms with Gasteiger partial charge in [0.15, 0.2) is 11.7 Å². The number of nitrogens with one attached hydrogen (secondary N) is 2. The van der Waals surface area contributed by atoms with Crippen molar-refractivity contribution in [1.29, 1.82) is 0 Å². The number of esters is 1. The summed E-state index contributed by atoms with van der Waals surface area (Å²) in [6.07, 6.45) is 0.0836. The van der Waals surface area contributed by atoms with Gasteiger partial charge >= 0.3 is 17.5 Å². The summed E-state index contributed by atoms with van der Waals surface area (Å²) in [7, 11) is 0. The van der Waals surface area contributed by atoms with Gasteiger partial charge in [0.2, 0.25) is 0 Å². The molecule has 0 radical (unpaired) electrons. The molecule has 1 aromatic carbocycles. The van der Waals surface area contributed by atoms with Crippen LogP contribution in [0.15, 0.2) is 36.2 Å². The maximum absolute atomic E-state index is 12.6. The number of rotatable bonds is 6. The normalized spacial score (nSPS) is 22.7. The molecule has 14 heteroatoms. The number of hydrogen-bond donors (Lipinski definition) is 2. The zero-order valence-electron chi connectivity index (χ0n) is 14.2. The lowest BCUT2D eigenvalue weighted by atomic mass is 9.80. The van der Waals surface area contributed by atoms with Gasteiger partial charge in [0.05, 0.1) is 22.0 Å². The third-order valence-corrected chi connectivity index (χ3v) is 3.91. The van der Waals surface area contributed by atoms with Crippen LogP contribution in [-0.4, -0.2) is 38.9 Å². The van der Waals surface area contributed by atoms with Crippen LogP contribution in [0, 0.1) is 30.3 Å². The Morgan fingerprint density at radius 1 is 1.25 bits per heavy atom. The molecule has 2 rings (SSSR count). The number of nitro benzene ring substituents is 1. The van der Waals surface area contributed by atoms with Gasteiger partial charge in [-0.1, -0.05) is 12.1 Å². The van der Waals surface area contributed by atoms with Crippen molar-refractivity contribution in [2.75, 3.05) is 6.61 Å². The molecule has 1 heterocycles. The van der Waals surface area contributed by atoms with Crippen LogP contribution >= 0.6 is 0 Å². The highest BCUT2D eigenvalue weighted by Gasteiger charge is 2.68. The van der Waals surface area contributed by atoms with Crippen LogP contribution in [0.4, 0.5) is 10.5 Å². The van der Waals surface area contributed by atoms with E-state index in [4.69, 9.17) is 4.74 Å². The second-order valence-electron chi connectivity index (χ2n) is 5.42. The van der Waals surface area contributed by atoms with Crippen molar-refractivity contribution in [2.45, 2.75) is 18.5 Å². The first kappa shape index (κ1) is 20.2. The lowest BCUT2D eigenvalue weighted by molar-refractivity contribution is -0.553. The first-order valence-corrected chi connectivity index (χ1v) is 7.64. The molecule has 1 aliphatic rings. The topological polar surface area (TPSA) is 197 Å². The Bertz CT molecular complexity index is 899. The molecule has 2 N–H and O–H groups in total. The molecule has 0 spiro atoms. The second kappa shape index (κ2) is 7.65. The highest BCUT2D eigenvalue weighted by molar-refractivity contribution is 5.91. The number of nitrogens with zero attached hydrogens (tertiary/aromatic N) is 3. The van der Waals surface area contributed by atoms with E-state index in [0.717, 1.165) is 12.1 Å². The molecule has 0 aliphatic carbocycles. The van der Waals surface area contributed by atoms with Crippen molar-refractivity contribution in [3.8, 4) is 0 Å². The summed E-state index contributed by atoms with van der Waals surface area (Å²) in [4.78, 5) is 55.8. The van der Waals surface area contributed by atoms with Gasteiger partial charge < -0.3 is 10.1 Å². The van der Waals surface area contributed by atoms with E-state index in [-0.39, 0.29) is 12.8 Å². The van der Waals surface area contributed by atoms with Gasteiger partial charge in [0.1, 0.15) is 0 Å². The van der Waals surface area contributed by atoms with Crippen LogP contribution in [0.25, 0.3) is 0 Å². The highest BCUT2D eigenvalue weighted by atomic mass is 16.6. The number of para-hydroxylation sites is 1. The Hall–Kier alpha value is -4.10. The summed E-state index contributed by atoms with van der Waals surface area (Å²) in [5.41, 5.74) is -5.08. The summed E-state index contributed by atoms with van der Waals surface area (Å²) >= 11 is 0. The van der Waals surface area contributed by atoms with Gasteiger partial charge in [-0.3, -0.25) is 35.7 Å². The van der Waals surface area contributed by atoms with Crippen LogP contribution in [-0.2, 0) is 9.53 Å². The monoisotopic (exact) mass is 395 g/mol. The number of urea groups is 1. The Morgan fingerprint density at radius 3 is 2.43 bits per heavy atom. The second-order valence-corrected chi connectivity index (χ2v) is 5.42. The van der Waals surface area contributed by atoms with Crippen molar-refractivity contribution >= 4 is 17.7 Å². The standard InChI is InChI=1S/C14H13N5O9/c1-2-28-12(20)14(19(26)27)10(7-17(22)23)15-13(21)16-11(14)8-5-3-4-6-9(8)18(24)25/h3-7,11H,2H2,1H3,(H2,15,16,21)/b10-7-. The van der Waals surface area contributed by atoms with Gasteiger partial charge in [-0.2, -0.15) is 0 Å². The van der Waals surface area contributed by atoms with Crippen LogP contribution < -0.4 is 10.6 Å². The lowest BCUT2D eigenvalue weighted by Gasteiger charge is -2.35.